The number of rotatable bonds is 5. The van der Waals surface area contributed by atoms with Crippen LogP contribution in [0.25, 0.3) is 0 Å². The summed E-state index contributed by atoms with van der Waals surface area (Å²) in [6.07, 6.45) is 5.25. The number of carbonyl (C=O) groups is 1. The first kappa shape index (κ1) is 16.7. The number of carbonyl (C=O) groups excluding carboxylic acids is 1. The van der Waals surface area contributed by atoms with Crippen LogP contribution < -0.4 is 5.32 Å². The third-order valence-electron chi connectivity index (χ3n) is 3.55. The van der Waals surface area contributed by atoms with Crippen LogP contribution in [-0.2, 0) is 4.79 Å². The molecule has 102 valence electrons. The van der Waals surface area contributed by atoms with Gasteiger partial charge in [0.15, 0.2) is 0 Å². The highest BCUT2D eigenvalue weighted by Crippen LogP contribution is 2.15. The Hall–Kier alpha value is -0.280. The lowest BCUT2D eigenvalue weighted by atomic mass is 9.99. The van der Waals surface area contributed by atoms with E-state index in [2.05, 4.69) is 19.2 Å². The van der Waals surface area contributed by atoms with E-state index in [0.717, 1.165) is 32.4 Å². The molecular weight excluding hydrogens is 236 g/mol. The van der Waals surface area contributed by atoms with Crippen LogP contribution >= 0.6 is 12.4 Å². The Morgan fingerprint density at radius 2 is 2.00 bits per heavy atom. The fourth-order valence-corrected chi connectivity index (χ4v) is 2.43. The predicted octanol–water partition coefficient (Wildman–Crippen LogP) is 2.44. The van der Waals surface area contributed by atoms with Gasteiger partial charge in [0.25, 0.3) is 0 Å². The van der Waals surface area contributed by atoms with Gasteiger partial charge in [-0.2, -0.15) is 0 Å². The van der Waals surface area contributed by atoms with Crippen molar-refractivity contribution in [2.75, 3.05) is 20.1 Å². The molecule has 0 aliphatic carbocycles. The minimum absolute atomic E-state index is 0. The first-order valence-corrected chi connectivity index (χ1v) is 6.61. The Balaban J connectivity index is 0.00000256. The molecule has 1 saturated heterocycles. The van der Waals surface area contributed by atoms with Gasteiger partial charge in [-0.25, -0.2) is 0 Å². The Morgan fingerprint density at radius 1 is 1.41 bits per heavy atom. The van der Waals surface area contributed by atoms with Gasteiger partial charge in [-0.1, -0.05) is 26.7 Å². The third-order valence-corrected chi connectivity index (χ3v) is 3.55. The lowest BCUT2D eigenvalue weighted by Gasteiger charge is -2.32. The number of amides is 1. The Morgan fingerprint density at radius 3 is 2.53 bits per heavy atom. The van der Waals surface area contributed by atoms with E-state index in [1.165, 1.54) is 6.42 Å². The number of nitrogens with one attached hydrogen (secondary N) is 1. The summed E-state index contributed by atoms with van der Waals surface area (Å²) >= 11 is 0. The van der Waals surface area contributed by atoms with E-state index in [0.29, 0.717) is 24.3 Å². The summed E-state index contributed by atoms with van der Waals surface area (Å²) in [4.78, 5) is 14.0. The zero-order valence-corrected chi connectivity index (χ0v) is 12.2. The van der Waals surface area contributed by atoms with Crippen molar-refractivity contribution in [2.45, 2.75) is 52.0 Å². The van der Waals surface area contributed by atoms with Crippen LogP contribution in [0.15, 0.2) is 0 Å². The summed E-state index contributed by atoms with van der Waals surface area (Å²) < 4.78 is 0. The molecule has 0 bridgehead atoms. The van der Waals surface area contributed by atoms with Crippen molar-refractivity contribution >= 4 is 18.3 Å². The van der Waals surface area contributed by atoms with Gasteiger partial charge >= 0.3 is 0 Å². The number of piperidine rings is 1. The molecule has 1 rings (SSSR count). The van der Waals surface area contributed by atoms with Crippen LogP contribution in [0, 0.1) is 5.92 Å². The van der Waals surface area contributed by atoms with E-state index in [-0.39, 0.29) is 12.4 Å². The summed E-state index contributed by atoms with van der Waals surface area (Å²) in [6.45, 7) is 6.45. The minimum Gasteiger partial charge on any atom is -0.343 e. The maximum absolute atomic E-state index is 12.0. The van der Waals surface area contributed by atoms with E-state index < -0.39 is 0 Å². The first-order chi connectivity index (χ1) is 7.65. The van der Waals surface area contributed by atoms with Crippen molar-refractivity contribution in [1.29, 1.82) is 0 Å². The normalized spacial score (nSPS) is 18.3. The first-order valence-electron chi connectivity index (χ1n) is 6.61. The highest BCUT2D eigenvalue weighted by molar-refractivity contribution is 5.85. The van der Waals surface area contributed by atoms with Gasteiger partial charge in [0.05, 0.1) is 0 Å². The number of halogens is 1. The second kappa shape index (κ2) is 8.76. The molecule has 1 N–H and O–H groups in total. The lowest BCUT2D eigenvalue weighted by Crippen LogP contribution is -2.44. The molecule has 0 spiro atoms. The molecule has 0 aromatic carbocycles. The Labute approximate surface area is 112 Å². The van der Waals surface area contributed by atoms with Gasteiger partial charge < -0.3 is 10.2 Å². The molecule has 0 aromatic heterocycles. The summed E-state index contributed by atoms with van der Waals surface area (Å²) in [5.41, 5.74) is 0. The van der Waals surface area contributed by atoms with Crippen molar-refractivity contribution in [1.82, 2.24) is 10.2 Å². The fraction of sp³-hybridized carbons (Fsp3) is 0.923. The number of hydrogen-bond acceptors (Lipinski definition) is 2. The predicted molar refractivity (Wildman–Crippen MR) is 74.6 cm³/mol. The van der Waals surface area contributed by atoms with Crippen LogP contribution in [0.2, 0.25) is 0 Å². The Kier molecular flexibility index (Phi) is 8.61. The van der Waals surface area contributed by atoms with E-state index >= 15 is 0 Å². The van der Waals surface area contributed by atoms with Gasteiger partial charge in [0, 0.05) is 19.5 Å². The topological polar surface area (TPSA) is 32.3 Å². The number of nitrogens with zero attached hydrogens (tertiary/aromatic N) is 1. The SMILES string of the molecule is CCCC(C)CC(=O)N(C)C1CCNCC1.Cl. The largest absolute Gasteiger partial charge is 0.343 e. The van der Waals surface area contributed by atoms with Crippen LogP contribution in [0.5, 0.6) is 0 Å². The van der Waals surface area contributed by atoms with Crippen molar-refractivity contribution in [3.63, 3.8) is 0 Å². The minimum atomic E-state index is 0. The molecule has 1 unspecified atom stereocenters. The molecule has 0 saturated carbocycles. The second-order valence-corrected chi connectivity index (χ2v) is 5.08. The van der Waals surface area contributed by atoms with Gasteiger partial charge in [0.1, 0.15) is 0 Å². The van der Waals surface area contributed by atoms with Crippen molar-refractivity contribution < 1.29 is 4.79 Å². The molecule has 1 aliphatic heterocycles. The van der Waals surface area contributed by atoms with Crippen LogP contribution in [0.3, 0.4) is 0 Å². The smallest absolute Gasteiger partial charge is 0.222 e. The van der Waals surface area contributed by atoms with Crippen LogP contribution in [0.1, 0.15) is 46.0 Å². The second-order valence-electron chi connectivity index (χ2n) is 5.08. The van der Waals surface area contributed by atoms with Gasteiger partial charge in [-0.15, -0.1) is 12.4 Å². The zero-order chi connectivity index (χ0) is 12.0. The maximum atomic E-state index is 12.0. The van der Waals surface area contributed by atoms with E-state index in [1.807, 2.05) is 11.9 Å². The lowest BCUT2D eigenvalue weighted by molar-refractivity contribution is -0.133. The standard InChI is InChI=1S/C13H26N2O.ClH/c1-4-5-11(2)10-13(16)15(3)12-6-8-14-9-7-12;/h11-12,14H,4-10H2,1-3H3;1H. The van der Waals surface area contributed by atoms with E-state index in [9.17, 15) is 4.79 Å². The molecule has 3 nitrogen and oxygen atoms in total. The molecular formula is C13H27ClN2O. The van der Waals surface area contributed by atoms with E-state index in [1.54, 1.807) is 0 Å². The monoisotopic (exact) mass is 262 g/mol. The van der Waals surface area contributed by atoms with Gasteiger partial charge in [0.2, 0.25) is 5.91 Å². The summed E-state index contributed by atoms with van der Waals surface area (Å²) in [5, 5.41) is 3.33. The van der Waals surface area contributed by atoms with E-state index in [4.69, 9.17) is 0 Å². The summed E-state index contributed by atoms with van der Waals surface area (Å²) in [6, 6.07) is 0.461. The van der Waals surface area contributed by atoms with Crippen molar-refractivity contribution in [2.24, 2.45) is 5.92 Å². The van der Waals surface area contributed by atoms with Crippen molar-refractivity contribution in [3.8, 4) is 0 Å². The molecule has 1 atom stereocenters. The van der Waals surface area contributed by atoms with Crippen LogP contribution in [-0.4, -0.2) is 37.0 Å². The molecule has 0 aromatic rings. The fourth-order valence-electron chi connectivity index (χ4n) is 2.43. The Bertz CT molecular complexity index is 217. The van der Waals surface area contributed by atoms with Crippen LogP contribution in [0.4, 0.5) is 0 Å². The maximum Gasteiger partial charge on any atom is 0.222 e. The zero-order valence-electron chi connectivity index (χ0n) is 11.4. The van der Waals surface area contributed by atoms with Crippen molar-refractivity contribution in [3.05, 3.63) is 0 Å². The van der Waals surface area contributed by atoms with Gasteiger partial charge in [-0.3, -0.25) is 4.79 Å². The average Bonchev–Trinajstić information content (AvgIpc) is 2.29. The molecule has 1 aliphatic rings. The molecule has 1 fully saturated rings. The molecule has 0 radical (unpaired) electrons. The molecule has 1 heterocycles. The quantitative estimate of drug-likeness (QED) is 0.826. The highest BCUT2D eigenvalue weighted by atomic mass is 35.5. The molecule has 1 amide bonds. The molecule has 17 heavy (non-hydrogen) atoms. The third kappa shape index (κ3) is 5.73. The molecule has 4 heteroatoms. The number of hydrogen-bond donors (Lipinski definition) is 1. The summed E-state index contributed by atoms with van der Waals surface area (Å²) in [7, 11) is 1.97. The summed E-state index contributed by atoms with van der Waals surface area (Å²) in [5.74, 6) is 0.856. The average molecular weight is 263 g/mol. The highest BCUT2D eigenvalue weighted by Gasteiger charge is 2.22. The van der Waals surface area contributed by atoms with Gasteiger partial charge in [-0.05, 0) is 31.8 Å².